The van der Waals surface area contributed by atoms with Crippen LogP contribution in [-0.4, -0.2) is 42.7 Å². The van der Waals surface area contributed by atoms with E-state index >= 15 is 0 Å². The molecular formula is C17H29N3O. The average molecular weight is 291 g/mol. The Morgan fingerprint density at radius 1 is 1.38 bits per heavy atom. The van der Waals surface area contributed by atoms with E-state index in [1.54, 1.807) is 0 Å². The molecule has 1 aliphatic rings. The van der Waals surface area contributed by atoms with Crippen LogP contribution in [0.4, 0.5) is 0 Å². The smallest absolute Gasteiger partial charge is 0.0698 e. The van der Waals surface area contributed by atoms with Gasteiger partial charge in [-0.05, 0) is 44.0 Å². The standard InChI is InChI=1S/C17H29N3O/c1-14(2)10-18-11-15-6-4-7-16(19-15)12-20-9-5-8-17(13-20)21-3/h4,6-7,14,17-18H,5,8-13H2,1-3H3. The first-order chi connectivity index (χ1) is 10.2. The summed E-state index contributed by atoms with van der Waals surface area (Å²) in [6.07, 6.45) is 2.78. The average Bonchev–Trinajstić information content (AvgIpc) is 2.47. The highest BCUT2D eigenvalue weighted by Gasteiger charge is 2.19. The maximum Gasteiger partial charge on any atom is 0.0698 e. The van der Waals surface area contributed by atoms with E-state index in [0.29, 0.717) is 12.0 Å². The molecule has 1 atom stereocenters. The van der Waals surface area contributed by atoms with Crippen LogP contribution in [0.1, 0.15) is 38.1 Å². The molecule has 0 spiro atoms. The van der Waals surface area contributed by atoms with Gasteiger partial charge in [0, 0.05) is 26.7 Å². The van der Waals surface area contributed by atoms with Gasteiger partial charge in [-0.3, -0.25) is 9.88 Å². The minimum absolute atomic E-state index is 0.384. The molecule has 4 heteroatoms. The van der Waals surface area contributed by atoms with Gasteiger partial charge < -0.3 is 10.1 Å². The number of nitrogens with one attached hydrogen (secondary N) is 1. The number of aromatic nitrogens is 1. The SMILES string of the molecule is COC1CCCN(Cc2cccc(CNCC(C)C)n2)C1. The molecule has 118 valence electrons. The maximum atomic E-state index is 5.49. The van der Waals surface area contributed by atoms with Crippen molar-refractivity contribution >= 4 is 0 Å². The van der Waals surface area contributed by atoms with Crippen molar-refractivity contribution < 1.29 is 4.74 Å². The number of pyridine rings is 1. The number of piperidine rings is 1. The zero-order valence-electron chi connectivity index (χ0n) is 13.6. The Morgan fingerprint density at radius 3 is 2.95 bits per heavy atom. The maximum absolute atomic E-state index is 5.49. The van der Waals surface area contributed by atoms with Crippen LogP contribution in [0.15, 0.2) is 18.2 Å². The Balaban J connectivity index is 1.85. The predicted molar refractivity (Wildman–Crippen MR) is 86.1 cm³/mol. The van der Waals surface area contributed by atoms with Crippen LogP contribution in [-0.2, 0) is 17.8 Å². The second-order valence-electron chi connectivity index (χ2n) is 6.38. The van der Waals surface area contributed by atoms with E-state index in [9.17, 15) is 0 Å². The molecule has 1 saturated heterocycles. The van der Waals surface area contributed by atoms with Crippen molar-refractivity contribution in [3.8, 4) is 0 Å². The van der Waals surface area contributed by atoms with Gasteiger partial charge >= 0.3 is 0 Å². The van der Waals surface area contributed by atoms with Gasteiger partial charge in [0.05, 0.1) is 17.5 Å². The minimum atomic E-state index is 0.384. The fourth-order valence-corrected chi connectivity index (χ4v) is 2.78. The number of likely N-dealkylation sites (tertiary alicyclic amines) is 1. The summed E-state index contributed by atoms with van der Waals surface area (Å²) in [5.41, 5.74) is 2.30. The normalized spacial score (nSPS) is 20.1. The van der Waals surface area contributed by atoms with E-state index in [0.717, 1.165) is 44.1 Å². The highest BCUT2D eigenvalue weighted by atomic mass is 16.5. The second-order valence-corrected chi connectivity index (χ2v) is 6.38. The van der Waals surface area contributed by atoms with Crippen molar-refractivity contribution in [1.29, 1.82) is 0 Å². The number of rotatable bonds is 7. The van der Waals surface area contributed by atoms with E-state index < -0.39 is 0 Å². The molecule has 1 fully saturated rings. The molecule has 0 amide bonds. The summed E-state index contributed by atoms with van der Waals surface area (Å²) >= 11 is 0. The lowest BCUT2D eigenvalue weighted by Crippen LogP contribution is -2.38. The van der Waals surface area contributed by atoms with Crippen LogP contribution in [0, 0.1) is 5.92 Å². The lowest BCUT2D eigenvalue weighted by molar-refractivity contribution is 0.0281. The first-order valence-electron chi connectivity index (χ1n) is 8.08. The molecule has 0 aliphatic carbocycles. The molecule has 2 rings (SSSR count). The molecule has 2 heterocycles. The van der Waals surface area contributed by atoms with Gasteiger partial charge in [-0.25, -0.2) is 0 Å². The summed E-state index contributed by atoms with van der Waals surface area (Å²) < 4.78 is 5.49. The highest BCUT2D eigenvalue weighted by Crippen LogP contribution is 2.15. The highest BCUT2D eigenvalue weighted by molar-refractivity contribution is 5.11. The molecule has 1 N–H and O–H groups in total. The van der Waals surface area contributed by atoms with E-state index in [1.165, 1.54) is 12.8 Å². The lowest BCUT2D eigenvalue weighted by atomic mass is 10.1. The Morgan fingerprint density at radius 2 is 2.19 bits per heavy atom. The molecule has 1 unspecified atom stereocenters. The van der Waals surface area contributed by atoms with Gasteiger partial charge in [-0.15, -0.1) is 0 Å². The largest absolute Gasteiger partial charge is 0.380 e. The van der Waals surface area contributed by atoms with Gasteiger partial charge in [-0.1, -0.05) is 19.9 Å². The van der Waals surface area contributed by atoms with Gasteiger partial charge in [0.15, 0.2) is 0 Å². The Labute approximate surface area is 128 Å². The molecule has 4 nitrogen and oxygen atoms in total. The third-order valence-electron chi connectivity index (χ3n) is 3.90. The third kappa shape index (κ3) is 5.73. The number of methoxy groups -OCH3 is 1. The van der Waals surface area contributed by atoms with Crippen molar-refractivity contribution in [1.82, 2.24) is 15.2 Å². The Kier molecular flexibility index (Phi) is 6.61. The zero-order chi connectivity index (χ0) is 15.1. The Hall–Kier alpha value is -0.970. The van der Waals surface area contributed by atoms with E-state index in [1.807, 2.05) is 7.11 Å². The molecule has 1 aromatic heterocycles. The fraction of sp³-hybridized carbons (Fsp3) is 0.706. The van der Waals surface area contributed by atoms with Gasteiger partial charge in [0.1, 0.15) is 0 Å². The minimum Gasteiger partial charge on any atom is -0.380 e. The summed E-state index contributed by atoms with van der Waals surface area (Å²) in [7, 11) is 1.81. The first kappa shape index (κ1) is 16.4. The van der Waals surface area contributed by atoms with Gasteiger partial charge in [-0.2, -0.15) is 0 Å². The summed E-state index contributed by atoms with van der Waals surface area (Å²) in [6, 6.07) is 6.35. The quantitative estimate of drug-likeness (QED) is 0.837. The molecule has 21 heavy (non-hydrogen) atoms. The monoisotopic (exact) mass is 291 g/mol. The van der Waals surface area contributed by atoms with Crippen LogP contribution < -0.4 is 5.32 Å². The van der Waals surface area contributed by atoms with Gasteiger partial charge in [0.25, 0.3) is 0 Å². The molecule has 0 saturated carbocycles. The van der Waals surface area contributed by atoms with Crippen molar-refractivity contribution in [3.05, 3.63) is 29.6 Å². The molecule has 0 radical (unpaired) electrons. The van der Waals surface area contributed by atoms with E-state index in [-0.39, 0.29) is 0 Å². The van der Waals surface area contributed by atoms with Crippen LogP contribution >= 0.6 is 0 Å². The number of ether oxygens (including phenoxy) is 1. The van der Waals surface area contributed by atoms with Crippen LogP contribution in [0.3, 0.4) is 0 Å². The molecule has 0 aromatic carbocycles. The third-order valence-corrected chi connectivity index (χ3v) is 3.90. The van der Waals surface area contributed by atoms with Crippen molar-refractivity contribution in [2.45, 2.75) is 45.9 Å². The fourth-order valence-electron chi connectivity index (χ4n) is 2.78. The second kappa shape index (κ2) is 8.47. The van der Waals surface area contributed by atoms with E-state index in [2.05, 4.69) is 42.3 Å². The Bertz CT molecular complexity index is 422. The van der Waals surface area contributed by atoms with Crippen LogP contribution in [0.2, 0.25) is 0 Å². The lowest BCUT2D eigenvalue weighted by Gasteiger charge is -2.31. The first-order valence-corrected chi connectivity index (χ1v) is 8.08. The number of hydrogen-bond donors (Lipinski definition) is 1. The summed E-state index contributed by atoms with van der Waals surface area (Å²) in [4.78, 5) is 7.22. The molecular weight excluding hydrogens is 262 g/mol. The van der Waals surface area contributed by atoms with Crippen molar-refractivity contribution in [2.24, 2.45) is 5.92 Å². The summed E-state index contributed by atoms with van der Waals surface area (Å²) in [5, 5.41) is 3.45. The predicted octanol–water partition coefficient (Wildman–Crippen LogP) is 2.44. The van der Waals surface area contributed by atoms with E-state index in [4.69, 9.17) is 9.72 Å². The van der Waals surface area contributed by atoms with Gasteiger partial charge in [0.2, 0.25) is 0 Å². The molecule has 1 aliphatic heterocycles. The number of hydrogen-bond acceptors (Lipinski definition) is 4. The topological polar surface area (TPSA) is 37.4 Å². The van der Waals surface area contributed by atoms with Crippen molar-refractivity contribution in [2.75, 3.05) is 26.7 Å². The summed E-state index contributed by atoms with van der Waals surface area (Å²) in [6.45, 7) is 9.43. The van der Waals surface area contributed by atoms with Crippen molar-refractivity contribution in [3.63, 3.8) is 0 Å². The molecule has 0 bridgehead atoms. The molecule has 1 aromatic rings. The summed E-state index contributed by atoms with van der Waals surface area (Å²) in [5.74, 6) is 0.674. The number of nitrogens with zero attached hydrogens (tertiary/aromatic N) is 2. The van der Waals surface area contributed by atoms with Crippen LogP contribution in [0.5, 0.6) is 0 Å². The van der Waals surface area contributed by atoms with Crippen LogP contribution in [0.25, 0.3) is 0 Å². The zero-order valence-corrected chi connectivity index (χ0v) is 13.6.